The summed E-state index contributed by atoms with van der Waals surface area (Å²) >= 11 is 0. The highest BCUT2D eigenvalue weighted by Gasteiger charge is 2.64. The number of carbonyl (C=O) groups excluding carboxylic acids is 4. The Morgan fingerprint density at radius 1 is 0.766 bits per heavy atom. The van der Waals surface area contributed by atoms with Crippen LogP contribution in [0.5, 0.6) is 0 Å². The number of carbonyl (C=O) groups is 4. The zero-order chi connectivity index (χ0) is 35.4. The Balaban J connectivity index is 2.78. The van der Waals surface area contributed by atoms with E-state index in [4.69, 9.17) is 14.2 Å². The Hall–Kier alpha value is -3.57. The van der Waals surface area contributed by atoms with Crippen LogP contribution in [0.15, 0.2) is 54.6 Å². The van der Waals surface area contributed by atoms with Gasteiger partial charge in [-0.1, -0.05) is 96.1 Å². The first kappa shape index (κ1) is 39.6. The van der Waals surface area contributed by atoms with E-state index in [1.165, 1.54) is 13.8 Å². The fourth-order valence-electron chi connectivity index (χ4n) is 5.34. The Morgan fingerprint density at radius 3 is 1.68 bits per heavy atom. The van der Waals surface area contributed by atoms with Gasteiger partial charge in [-0.3, -0.25) is 29.1 Å². The third-order valence-electron chi connectivity index (χ3n) is 7.59. The molecule has 0 aromatic heterocycles. The quantitative estimate of drug-likeness (QED) is 0.100. The van der Waals surface area contributed by atoms with E-state index in [9.17, 15) is 33.5 Å². The zero-order valence-corrected chi connectivity index (χ0v) is 29.1. The van der Waals surface area contributed by atoms with E-state index < -0.39 is 73.3 Å². The average molecular weight is 677 g/mol. The molecular formula is C34H49N2O10P. The molecule has 0 aliphatic heterocycles. The number of amides is 1. The predicted molar refractivity (Wildman–Crippen MR) is 177 cm³/mol. The number of esters is 3. The van der Waals surface area contributed by atoms with Crippen LogP contribution in [0, 0.1) is 11.8 Å². The summed E-state index contributed by atoms with van der Waals surface area (Å²) < 4.78 is 30.3. The summed E-state index contributed by atoms with van der Waals surface area (Å²) in [5.41, 5.74) is 2.50. The van der Waals surface area contributed by atoms with Gasteiger partial charge in [-0.2, -0.15) is 0 Å². The summed E-state index contributed by atoms with van der Waals surface area (Å²) in [4.78, 5) is 73.9. The van der Waals surface area contributed by atoms with Gasteiger partial charge in [-0.15, -0.1) is 0 Å². The molecule has 2 aromatic carbocycles. The third kappa shape index (κ3) is 10.7. The number of hydrogen-bond acceptors (Lipinski definition) is 9. The molecule has 2 aromatic rings. The van der Waals surface area contributed by atoms with E-state index >= 15 is 0 Å². The lowest BCUT2D eigenvalue weighted by molar-refractivity contribution is -0.169. The van der Waals surface area contributed by atoms with Gasteiger partial charge in [0.15, 0.2) is 5.28 Å². The Labute approximate surface area is 277 Å². The monoisotopic (exact) mass is 676 g/mol. The van der Waals surface area contributed by atoms with E-state index in [-0.39, 0.29) is 25.9 Å². The van der Waals surface area contributed by atoms with Gasteiger partial charge in [-0.25, -0.2) is 0 Å². The fraction of sp³-hybridized carbons (Fsp3) is 0.529. The first-order valence-electron chi connectivity index (χ1n) is 15.9. The molecule has 3 unspecified atom stereocenters. The molecule has 0 fully saturated rings. The van der Waals surface area contributed by atoms with Crippen molar-refractivity contribution in [1.29, 1.82) is 0 Å². The molecule has 0 saturated carbocycles. The summed E-state index contributed by atoms with van der Waals surface area (Å²) in [5, 5.41) is 2.81. The van der Waals surface area contributed by atoms with Gasteiger partial charge in [-0.05, 0) is 41.9 Å². The first-order chi connectivity index (χ1) is 22.1. The highest BCUT2D eigenvalue weighted by Crippen LogP contribution is 2.57. The maximum atomic E-state index is 13.9. The molecule has 12 nitrogen and oxygen atoms in total. The molecule has 4 N–H and O–H groups in total. The standard InChI is InChI=1S/C34H49N2O10P/c1-8-28(37)45-31(22(4)5)34(47(41,42)43,32(23(6)7)46-29(38)9-2)36-27(33(40)35-21-30(39)44-10-3)20-24-16-18-26(19-17-24)25-14-12-11-13-15-25/h11-19,22-23,27,31-32,36H,8-10,20-21H2,1-7H3,(H,35,40)(H2,41,42,43). The van der Waals surface area contributed by atoms with Crippen molar-refractivity contribution in [2.24, 2.45) is 11.8 Å². The van der Waals surface area contributed by atoms with Gasteiger partial charge < -0.3 is 29.3 Å². The first-order valence-corrected chi connectivity index (χ1v) is 17.5. The maximum Gasteiger partial charge on any atom is 0.353 e. The smallest absolute Gasteiger partial charge is 0.353 e. The van der Waals surface area contributed by atoms with E-state index in [1.54, 1.807) is 46.8 Å². The highest BCUT2D eigenvalue weighted by atomic mass is 31.2. The number of nitrogens with one attached hydrogen (secondary N) is 2. The molecule has 0 heterocycles. The lowest BCUT2D eigenvalue weighted by Crippen LogP contribution is -2.70. The van der Waals surface area contributed by atoms with E-state index in [0.717, 1.165) is 11.1 Å². The van der Waals surface area contributed by atoms with Crippen molar-refractivity contribution in [3.05, 3.63) is 60.2 Å². The molecule has 0 saturated heterocycles. The molecule has 260 valence electrons. The lowest BCUT2D eigenvalue weighted by Gasteiger charge is -2.49. The SMILES string of the molecule is CCOC(=O)CNC(=O)C(Cc1ccc(-c2ccccc2)cc1)NC(C(OC(=O)CC)C(C)C)(C(OC(=O)CC)C(C)C)P(=O)(O)O. The summed E-state index contributed by atoms with van der Waals surface area (Å²) in [6.45, 7) is 10.7. The summed E-state index contributed by atoms with van der Waals surface area (Å²) in [6, 6.07) is 15.5. The minimum Gasteiger partial charge on any atom is -0.465 e. The Kier molecular flexibility index (Phi) is 15.3. The van der Waals surface area contributed by atoms with Crippen molar-refractivity contribution >= 4 is 31.4 Å². The van der Waals surface area contributed by atoms with Crippen molar-refractivity contribution in [2.45, 2.75) is 91.3 Å². The second kappa shape index (κ2) is 18.1. The minimum atomic E-state index is -5.49. The van der Waals surface area contributed by atoms with Gasteiger partial charge >= 0.3 is 25.5 Å². The zero-order valence-electron chi connectivity index (χ0n) is 28.2. The van der Waals surface area contributed by atoms with Gasteiger partial charge in [0.2, 0.25) is 5.91 Å². The second-order valence-corrected chi connectivity index (χ2v) is 13.7. The largest absolute Gasteiger partial charge is 0.465 e. The molecule has 3 atom stereocenters. The van der Waals surface area contributed by atoms with E-state index in [1.807, 2.05) is 42.5 Å². The van der Waals surface area contributed by atoms with Crippen molar-refractivity contribution in [3.8, 4) is 11.1 Å². The second-order valence-electron chi connectivity index (χ2n) is 11.9. The van der Waals surface area contributed by atoms with Crippen molar-refractivity contribution in [3.63, 3.8) is 0 Å². The molecule has 0 aliphatic carbocycles. The van der Waals surface area contributed by atoms with Crippen LogP contribution < -0.4 is 10.6 Å². The van der Waals surface area contributed by atoms with Crippen molar-refractivity contribution in [1.82, 2.24) is 10.6 Å². The average Bonchev–Trinajstić information content (AvgIpc) is 3.03. The van der Waals surface area contributed by atoms with Crippen LogP contribution >= 0.6 is 7.60 Å². The summed E-state index contributed by atoms with van der Waals surface area (Å²) in [7, 11) is -5.49. The van der Waals surface area contributed by atoms with E-state index in [2.05, 4.69) is 10.6 Å². The Morgan fingerprint density at radius 2 is 1.26 bits per heavy atom. The summed E-state index contributed by atoms with van der Waals surface area (Å²) in [5.74, 6) is -4.42. The summed E-state index contributed by atoms with van der Waals surface area (Å²) in [6.07, 6.45) is -3.43. The maximum absolute atomic E-state index is 13.9. The van der Waals surface area contributed by atoms with E-state index in [0.29, 0.717) is 5.56 Å². The van der Waals surface area contributed by atoms with Crippen LogP contribution in [0.2, 0.25) is 0 Å². The van der Waals surface area contributed by atoms with Crippen LogP contribution in [-0.2, 0) is 44.4 Å². The van der Waals surface area contributed by atoms with Gasteiger partial charge in [0.05, 0.1) is 12.6 Å². The molecule has 47 heavy (non-hydrogen) atoms. The molecular weight excluding hydrogens is 627 g/mol. The molecule has 2 rings (SSSR count). The topological polar surface area (TPSA) is 178 Å². The van der Waals surface area contributed by atoms with Crippen LogP contribution in [0.4, 0.5) is 0 Å². The van der Waals surface area contributed by atoms with Crippen molar-refractivity contribution in [2.75, 3.05) is 13.2 Å². The molecule has 1 amide bonds. The molecule has 0 bridgehead atoms. The van der Waals surface area contributed by atoms with Crippen LogP contribution in [0.1, 0.15) is 66.9 Å². The lowest BCUT2D eigenvalue weighted by atomic mass is 9.87. The molecule has 13 heteroatoms. The Bertz CT molecular complexity index is 1350. The molecule has 0 spiro atoms. The fourth-order valence-corrected chi connectivity index (χ4v) is 7.03. The normalized spacial score (nSPS) is 14.9. The minimum absolute atomic E-state index is 0.0865. The van der Waals surface area contributed by atoms with Crippen molar-refractivity contribution < 1.29 is 47.7 Å². The van der Waals surface area contributed by atoms with Crippen LogP contribution in [0.25, 0.3) is 11.1 Å². The third-order valence-corrected chi connectivity index (χ3v) is 9.19. The molecule has 0 radical (unpaired) electrons. The number of hydrogen-bond donors (Lipinski definition) is 4. The predicted octanol–water partition coefficient (Wildman–Crippen LogP) is 4.36. The number of rotatable bonds is 18. The van der Waals surface area contributed by atoms with Gasteiger partial charge in [0.25, 0.3) is 0 Å². The highest BCUT2D eigenvalue weighted by molar-refractivity contribution is 7.53. The van der Waals surface area contributed by atoms with Crippen LogP contribution in [-0.4, -0.2) is 70.3 Å². The van der Waals surface area contributed by atoms with Gasteiger partial charge in [0, 0.05) is 12.8 Å². The van der Waals surface area contributed by atoms with Crippen LogP contribution in [0.3, 0.4) is 0 Å². The molecule has 0 aliphatic rings. The number of ether oxygens (including phenoxy) is 3. The number of benzene rings is 2. The van der Waals surface area contributed by atoms with Gasteiger partial charge in [0.1, 0.15) is 18.8 Å².